The molecule has 1 atom stereocenters. The zero-order chi connectivity index (χ0) is 28.5. The van der Waals surface area contributed by atoms with Gasteiger partial charge in [-0.25, -0.2) is 14.4 Å². The fourth-order valence-corrected chi connectivity index (χ4v) is 6.86. The van der Waals surface area contributed by atoms with Crippen LogP contribution in [0.3, 0.4) is 0 Å². The summed E-state index contributed by atoms with van der Waals surface area (Å²) in [7, 11) is 0. The highest BCUT2D eigenvalue weighted by molar-refractivity contribution is 7.99. The maximum atomic E-state index is 14.5. The van der Waals surface area contributed by atoms with E-state index in [0.717, 1.165) is 48.3 Å². The Morgan fingerprint density at radius 1 is 1.00 bits per heavy atom. The van der Waals surface area contributed by atoms with Gasteiger partial charge in [-0.3, -0.25) is 9.59 Å². The molecule has 0 saturated carbocycles. The Labute approximate surface area is 244 Å². The smallest absolute Gasteiger partial charge is 0.254 e. The molecule has 2 amide bonds. The number of nitrogens with zero attached hydrogens (tertiary/aromatic N) is 6. The van der Waals surface area contributed by atoms with Crippen LogP contribution in [0.2, 0.25) is 0 Å². The molecule has 41 heavy (non-hydrogen) atoms. The molecule has 4 heterocycles. The van der Waals surface area contributed by atoms with Gasteiger partial charge in [0.1, 0.15) is 12.4 Å². The molecule has 2 saturated heterocycles. The molecule has 3 aliphatic rings. The third-order valence-electron chi connectivity index (χ3n) is 8.48. The van der Waals surface area contributed by atoms with Crippen molar-refractivity contribution in [1.29, 1.82) is 0 Å². The van der Waals surface area contributed by atoms with Crippen LogP contribution in [0.25, 0.3) is 11.1 Å². The van der Waals surface area contributed by atoms with Crippen molar-refractivity contribution >= 4 is 35.2 Å². The Balaban J connectivity index is 1.13. The minimum atomic E-state index is -0.315. The summed E-state index contributed by atoms with van der Waals surface area (Å²) in [5.41, 5.74) is 4.04. The molecule has 3 aliphatic heterocycles. The van der Waals surface area contributed by atoms with Crippen LogP contribution in [0.5, 0.6) is 0 Å². The molecule has 2 fully saturated rings. The van der Waals surface area contributed by atoms with E-state index in [1.54, 1.807) is 23.4 Å². The van der Waals surface area contributed by atoms with Crippen molar-refractivity contribution in [3.8, 4) is 11.1 Å². The lowest BCUT2D eigenvalue weighted by molar-refractivity contribution is -0.134. The molecule has 8 nitrogen and oxygen atoms in total. The van der Waals surface area contributed by atoms with Crippen LogP contribution >= 0.6 is 11.8 Å². The first-order valence-electron chi connectivity index (χ1n) is 14.2. The summed E-state index contributed by atoms with van der Waals surface area (Å²) in [6.45, 7) is 6.15. The molecule has 214 valence electrons. The maximum absolute atomic E-state index is 14.5. The van der Waals surface area contributed by atoms with E-state index in [0.29, 0.717) is 42.9 Å². The van der Waals surface area contributed by atoms with E-state index in [4.69, 9.17) is 0 Å². The van der Waals surface area contributed by atoms with E-state index in [1.165, 1.54) is 12.1 Å². The van der Waals surface area contributed by atoms with Crippen LogP contribution in [0.15, 0.2) is 54.9 Å². The van der Waals surface area contributed by atoms with Crippen molar-refractivity contribution in [2.75, 3.05) is 55.3 Å². The van der Waals surface area contributed by atoms with Gasteiger partial charge < -0.3 is 19.6 Å². The average molecular weight is 575 g/mol. The highest BCUT2D eigenvalue weighted by atomic mass is 32.2. The summed E-state index contributed by atoms with van der Waals surface area (Å²) in [4.78, 5) is 43.2. The van der Waals surface area contributed by atoms with Gasteiger partial charge in [0.15, 0.2) is 0 Å². The number of benzene rings is 2. The summed E-state index contributed by atoms with van der Waals surface area (Å²) in [6, 6.07) is 12.3. The van der Waals surface area contributed by atoms with Crippen LogP contribution in [-0.2, 0) is 11.3 Å². The van der Waals surface area contributed by atoms with Crippen molar-refractivity contribution in [2.24, 2.45) is 0 Å². The predicted octanol–water partition coefficient (Wildman–Crippen LogP) is 4.31. The van der Waals surface area contributed by atoms with Crippen molar-refractivity contribution in [3.63, 3.8) is 0 Å². The molecule has 0 aliphatic carbocycles. The number of carbonyl (C=O) groups is 2. The zero-order valence-corrected chi connectivity index (χ0v) is 24.3. The second-order valence-electron chi connectivity index (χ2n) is 11.1. The van der Waals surface area contributed by atoms with E-state index in [9.17, 15) is 14.0 Å². The van der Waals surface area contributed by atoms with Gasteiger partial charge in [-0.2, -0.15) is 11.8 Å². The normalized spacial score (nSPS) is 19.6. The van der Waals surface area contributed by atoms with Crippen molar-refractivity contribution in [3.05, 3.63) is 71.8 Å². The van der Waals surface area contributed by atoms with E-state index >= 15 is 0 Å². The van der Waals surface area contributed by atoms with Gasteiger partial charge in [-0.1, -0.05) is 18.2 Å². The summed E-state index contributed by atoms with van der Waals surface area (Å²) in [5, 5.41) is 0.693. The van der Waals surface area contributed by atoms with Crippen LogP contribution in [-0.4, -0.2) is 88.4 Å². The Kier molecular flexibility index (Phi) is 7.84. The fraction of sp³-hybridized carbons (Fsp3) is 0.419. The number of halogens is 1. The second kappa shape index (κ2) is 11.7. The second-order valence-corrected chi connectivity index (χ2v) is 12.2. The van der Waals surface area contributed by atoms with Gasteiger partial charge in [-0.05, 0) is 55.9 Å². The topological polar surface area (TPSA) is 72.9 Å². The van der Waals surface area contributed by atoms with Crippen LogP contribution in [0, 0.1) is 5.82 Å². The Morgan fingerprint density at radius 3 is 2.46 bits per heavy atom. The molecule has 3 aromatic rings. The lowest BCUT2D eigenvalue weighted by Crippen LogP contribution is -2.56. The van der Waals surface area contributed by atoms with Crippen LogP contribution in [0.4, 0.5) is 16.0 Å². The fourth-order valence-electron chi connectivity index (χ4n) is 6.17. The molecule has 1 unspecified atom stereocenters. The number of fused-ring (bicyclic) bond motifs is 1. The number of piperidine rings is 1. The predicted molar refractivity (Wildman–Crippen MR) is 161 cm³/mol. The SMILES string of the molecule is CSC1CCN(c2ncc(-c3cc(F)ccc3N3CCN(C(=O)CN4Cc5ccccc5C4=O)C(C)C3)cn2)CC1. The molecule has 0 N–H and O–H groups in total. The largest absolute Gasteiger partial charge is 0.367 e. The number of piperazine rings is 1. The van der Waals surface area contributed by atoms with E-state index in [2.05, 4.69) is 26.0 Å². The minimum Gasteiger partial charge on any atom is -0.367 e. The van der Waals surface area contributed by atoms with E-state index in [1.807, 2.05) is 47.9 Å². The number of anilines is 2. The molecule has 1 aromatic heterocycles. The van der Waals surface area contributed by atoms with Crippen LogP contribution in [0.1, 0.15) is 35.7 Å². The van der Waals surface area contributed by atoms with Gasteiger partial charge >= 0.3 is 0 Å². The van der Waals surface area contributed by atoms with Gasteiger partial charge in [-0.15, -0.1) is 0 Å². The Bertz CT molecular complexity index is 1430. The lowest BCUT2D eigenvalue weighted by atomic mass is 10.0. The summed E-state index contributed by atoms with van der Waals surface area (Å²) >= 11 is 1.92. The van der Waals surface area contributed by atoms with Crippen molar-refractivity contribution in [1.82, 2.24) is 19.8 Å². The number of thioether (sulfide) groups is 1. The Morgan fingerprint density at radius 2 is 1.76 bits per heavy atom. The third-order valence-corrected chi connectivity index (χ3v) is 9.61. The molecule has 0 spiro atoms. The molecule has 6 rings (SSSR count). The quantitative estimate of drug-likeness (QED) is 0.435. The first-order valence-corrected chi connectivity index (χ1v) is 15.5. The van der Waals surface area contributed by atoms with Gasteiger partial charge in [0.05, 0.1) is 0 Å². The molecule has 0 bridgehead atoms. The zero-order valence-electron chi connectivity index (χ0n) is 23.5. The molecule has 0 radical (unpaired) electrons. The third kappa shape index (κ3) is 5.62. The molecular weight excluding hydrogens is 539 g/mol. The standard InChI is InChI=1S/C31H35FN6O2S/c1-21-18-36(13-14-38(21)29(39)20-37-19-22-5-3-4-6-26(22)30(37)40)28-8-7-24(32)15-27(28)23-16-33-31(34-17-23)35-11-9-25(41-2)10-12-35/h3-8,15-17,21,25H,9-14,18-20H2,1-2H3. The first kappa shape index (κ1) is 27.5. The maximum Gasteiger partial charge on any atom is 0.254 e. The van der Waals surface area contributed by atoms with Gasteiger partial charge in [0, 0.05) is 85.3 Å². The van der Waals surface area contributed by atoms with Gasteiger partial charge in [0.25, 0.3) is 5.91 Å². The average Bonchev–Trinajstić information content (AvgIpc) is 3.31. The molecule has 2 aromatic carbocycles. The van der Waals surface area contributed by atoms with Crippen molar-refractivity contribution < 1.29 is 14.0 Å². The van der Waals surface area contributed by atoms with Crippen LogP contribution < -0.4 is 9.80 Å². The van der Waals surface area contributed by atoms with Gasteiger partial charge in [0.2, 0.25) is 11.9 Å². The number of aromatic nitrogens is 2. The number of hydrogen-bond acceptors (Lipinski definition) is 7. The minimum absolute atomic E-state index is 0.0526. The number of amides is 2. The van der Waals surface area contributed by atoms with Crippen molar-refractivity contribution in [2.45, 2.75) is 37.6 Å². The van der Waals surface area contributed by atoms with E-state index in [-0.39, 0.29) is 30.2 Å². The summed E-state index contributed by atoms with van der Waals surface area (Å²) in [6.07, 6.45) is 7.98. The summed E-state index contributed by atoms with van der Waals surface area (Å²) < 4.78 is 14.5. The molecular formula is C31H35FN6O2S. The monoisotopic (exact) mass is 574 g/mol. The van der Waals surface area contributed by atoms with E-state index < -0.39 is 0 Å². The summed E-state index contributed by atoms with van der Waals surface area (Å²) in [5.74, 6) is 0.258. The Hall–Kier alpha value is -3.66. The molecule has 10 heteroatoms. The number of rotatable bonds is 6. The highest BCUT2D eigenvalue weighted by Crippen LogP contribution is 2.33. The lowest BCUT2D eigenvalue weighted by Gasteiger charge is -2.42. The first-order chi connectivity index (χ1) is 19.9. The number of carbonyl (C=O) groups excluding carboxylic acids is 2. The highest BCUT2D eigenvalue weighted by Gasteiger charge is 2.33. The number of hydrogen-bond donors (Lipinski definition) is 0.